The highest BCUT2D eigenvalue weighted by atomic mass is 16.5. The van der Waals surface area contributed by atoms with Crippen LogP contribution < -0.4 is 15.2 Å². The summed E-state index contributed by atoms with van der Waals surface area (Å²) in [7, 11) is 3.28. The van der Waals surface area contributed by atoms with Crippen molar-refractivity contribution in [2.45, 2.75) is 6.42 Å². The highest BCUT2D eigenvalue weighted by Crippen LogP contribution is 2.27. The average Bonchev–Trinajstić information content (AvgIpc) is 2.75. The van der Waals surface area contributed by atoms with Crippen LogP contribution >= 0.6 is 0 Å². The summed E-state index contributed by atoms with van der Waals surface area (Å²) in [6, 6.07) is 5.68. The summed E-state index contributed by atoms with van der Waals surface area (Å²) in [5.41, 5.74) is 7.72. The first-order valence-corrected chi connectivity index (χ1v) is 5.23. The summed E-state index contributed by atoms with van der Waals surface area (Å²) in [5.74, 6) is 2.18. The van der Waals surface area contributed by atoms with Gasteiger partial charge < -0.3 is 15.2 Å². The second-order valence-corrected chi connectivity index (χ2v) is 3.66. The number of ether oxygens (including phenoxy) is 2. The molecule has 0 saturated carbocycles. The summed E-state index contributed by atoms with van der Waals surface area (Å²) in [5, 5.41) is 6.60. The molecule has 1 heterocycles. The number of benzene rings is 1. The Morgan fingerprint density at radius 3 is 2.65 bits per heavy atom. The number of H-pyrrole nitrogens is 1. The molecule has 0 aliphatic heterocycles. The second kappa shape index (κ2) is 4.78. The molecule has 1 aromatic heterocycles. The number of nitrogens with two attached hydrogens (primary N) is 1. The highest BCUT2D eigenvalue weighted by molar-refractivity contribution is 5.47. The molecule has 0 fully saturated rings. The fourth-order valence-corrected chi connectivity index (χ4v) is 1.69. The Hall–Kier alpha value is -2.17. The quantitative estimate of drug-likeness (QED) is 0.841. The third-order valence-corrected chi connectivity index (χ3v) is 2.62. The van der Waals surface area contributed by atoms with E-state index >= 15 is 0 Å². The van der Waals surface area contributed by atoms with Crippen LogP contribution in [0.5, 0.6) is 11.5 Å². The number of aromatic nitrogens is 2. The van der Waals surface area contributed by atoms with E-state index in [1.54, 1.807) is 20.4 Å². The summed E-state index contributed by atoms with van der Waals surface area (Å²) in [4.78, 5) is 0. The number of hydrogen-bond acceptors (Lipinski definition) is 4. The highest BCUT2D eigenvalue weighted by Gasteiger charge is 2.09. The summed E-state index contributed by atoms with van der Waals surface area (Å²) in [6.07, 6.45) is 2.37. The number of methoxy groups -OCH3 is 2. The Kier molecular flexibility index (Phi) is 3.18. The van der Waals surface area contributed by atoms with Gasteiger partial charge in [-0.3, -0.25) is 5.10 Å². The number of nitrogens with zero attached hydrogens (tertiary/aromatic N) is 1. The molecule has 2 rings (SSSR count). The minimum absolute atomic E-state index is 0.579. The van der Waals surface area contributed by atoms with Crippen molar-refractivity contribution in [1.29, 1.82) is 0 Å². The number of nitrogen functional groups attached to an aromatic ring is 1. The third-order valence-electron chi connectivity index (χ3n) is 2.62. The predicted octanol–water partition coefficient (Wildman–Crippen LogP) is 1.60. The Morgan fingerprint density at radius 1 is 1.24 bits per heavy atom. The number of hydrogen-bond donors (Lipinski definition) is 2. The molecule has 1 aromatic carbocycles. The van der Waals surface area contributed by atoms with Crippen LogP contribution in [0.4, 0.5) is 5.82 Å². The van der Waals surface area contributed by atoms with Gasteiger partial charge in [-0.25, -0.2) is 0 Å². The zero-order valence-corrected chi connectivity index (χ0v) is 9.86. The minimum Gasteiger partial charge on any atom is -0.497 e. The van der Waals surface area contributed by atoms with Crippen LogP contribution in [0.3, 0.4) is 0 Å². The lowest BCUT2D eigenvalue weighted by molar-refractivity contribution is 0.399. The Balaban J connectivity index is 2.33. The molecule has 3 N–H and O–H groups in total. The zero-order valence-electron chi connectivity index (χ0n) is 9.86. The van der Waals surface area contributed by atoms with E-state index in [1.165, 1.54) is 0 Å². The molecule has 0 aliphatic rings. The first-order valence-electron chi connectivity index (χ1n) is 5.23. The smallest absolute Gasteiger partial charge is 0.122 e. The molecule has 0 spiro atoms. The van der Waals surface area contributed by atoms with Gasteiger partial charge in [0.1, 0.15) is 17.3 Å². The van der Waals surface area contributed by atoms with Crippen molar-refractivity contribution in [3.05, 3.63) is 35.5 Å². The van der Waals surface area contributed by atoms with Crippen LogP contribution in [0.25, 0.3) is 0 Å². The largest absolute Gasteiger partial charge is 0.497 e. The van der Waals surface area contributed by atoms with Gasteiger partial charge in [-0.15, -0.1) is 0 Å². The molecule has 0 amide bonds. The molecule has 5 heteroatoms. The van der Waals surface area contributed by atoms with E-state index in [0.717, 1.165) is 22.6 Å². The monoisotopic (exact) mass is 233 g/mol. The normalized spacial score (nSPS) is 10.2. The molecule has 17 heavy (non-hydrogen) atoms. The summed E-state index contributed by atoms with van der Waals surface area (Å²) >= 11 is 0. The predicted molar refractivity (Wildman–Crippen MR) is 65.4 cm³/mol. The lowest BCUT2D eigenvalue weighted by atomic mass is 10.1. The van der Waals surface area contributed by atoms with Crippen molar-refractivity contribution in [3.63, 3.8) is 0 Å². The van der Waals surface area contributed by atoms with Gasteiger partial charge in [0.2, 0.25) is 0 Å². The van der Waals surface area contributed by atoms with E-state index in [0.29, 0.717) is 12.2 Å². The van der Waals surface area contributed by atoms with E-state index in [1.807, 2.05) is 18.2 Å². The SMILES string of the molecule is COc1ccc(OC)c(Cc2cn[nH]c2N)c1. The zero-order chi connectivity index (χ0) is 12.3. The van der Waals surface area contributed by atoms with Gasteiger partial charge in [-0.05, 0) is 18.2 Å². The fraction of sp³-hybridized carbons (Fsp3) is 0.250. The molecular weight excluding hydrogens is 218 g/mol. The van der Waals surface area contributed by atoms with Crippen molar-refractivity contribution in [1.82, 2.24) is 10.2 Å². The van der Waals surface area contributed by atoms with Gasteiger partial charge in [0, 0.05) is 17.5 Å². The standard InChI is InChI=1S/C12H15N3O2/c1-16-10-3-4-11(17-2)8(6-10)5-9-7-14-15-12(9)13/h3-4,6-7H,5H2,1-2H3,(H3,13,14,15). The molecule has 0 radical (unpaired) electrons. The van der Waals surface area contributed by atoms with Gasteiger partial charge in [0.05, 0.1) is 20.4 Å². The molecule has 0 unspecified atom stereocenters. The van der Waals surface area contributed by atoms with E-state index in [4.69, 9.17) is 15.2 Å². The van der Waals surface area contributed by atoms with E-state index in [-0.39, 0.29) is 0 Å². The molecule has 90 valence electrons. The number of anilines is 1. The topological polar surface area (TPSA) is 73.2 Å². The van der Waals surface area contributed by atoms with E-state index in [2.05, 4.69) is 10.2 Å². The van der Waals surface area contributed by atoms with Crippen LogP contribution in [0.1, 0.15) is 11.1 Å². The van der Waals surface area contributed by atoms with Gasteiger partial charge in [-0.1, -0.05) is 0 Å². The number of nitrogens with one attached hydrogen (secondary N) is 1. The molecule has 2 aromatic rings. The third kappa shape index (κ3) is 2.33. The summed E-state index contributed by atoms with van der Waals surface area (Å²) < 4.78 is 10.5. The fourth-order valence-electron chi connectivity index (χ4n) is 1.69. The maximum atomic E-state index is 5.76. The van der Waals surface area contributed by atoms with Crippen LogP contribution in [-0.4, -0.2) is 24.4 Å². The number of aromatic amines is 1. The van der Waals surface area contributed by atoms with Crippen molar-refractivity contribution in [2.24, 2.45) is 0 Å². The van der Waals surface area contributed by atoms with Gasteiger partial charge in [-0.2, -0.15) is 5.10 Å². The Bertz CT molecular complexity index is 508. The van der Waals surface area contributed by atoms with Gasteiger partial charge >= 0.3 is 0 Å². The van der Waals surface area contributed by atoms with E-state index < -0.39 is 0 Å². The summed E-state index contributed by atoms with van der Waals surface area (Å²) in [6.45, 7) is 0. The number of rotatable bonds is 4. The average molecular weight is 233 g/mol. The molecular formula is C12H15N3O2. The van der Waals surface area contributed by atoms with Crippen molar-refractivity contribution in [2.75, 3.05) is 20.0 Å². The van der Waals surface area contributed by atoms with Gasteiger partial charge in [0.25, 0.3) is 0 Å². The first-order chi connectivity index (χ1) is 8.24. The van der Waals surface area contributed by atoms with Gasteiger partial charge in [0.15, 0.2) is 0 Å². The lowest BCUT2D eigenvalue weighted by Gasteiger charge is -2.09. The van der Waals surface area contributed by atoms with Crippen LogP contribution in [0.15, 0.2) is 24.4 Å². The van der Waals surface area contributed by atoms with E-state index in [9.17, 15) is 0 Å². The Labute approximate surface area is 99.5 Å². The molecule has 0 bridgehead atoms. The lowest BCUT2D eigenvalue weighted by Crippen LogP contribution is -1.97. The van der Waals surface area contributed by atoms with Crippen molar-refractivity contribution < 1.29 is 9.47 Å². The maximum Gasteiger partial charge on any atom is 0.122 e. The second-order valence-electron chi connectivity index (χ2n) is 3.66. The van der Waals surface area contributed by atoms with Crippen LogP contribution in [0, 0.1) is 0 Å². The minimum atomic E-state index is 0.579. The van der Waals surface area contributed by atoms with Crippen molar-refractivity contribution >= 4 is 5.82 Å². The molecule has 5 nitrogen and oxygen atoms in total. The van der Waals surface area contributed by atoms with Crippen LogP contribution in [0.2, 0.25) is 0 Å². The molecule has 0 aliphatic carbocycles. The van der Waals surface area contributed by atoms with Crippen molar-refractivity contribution in [3.8, 4) is 11.5 Å². The maximum absolute atomic E-state index is 5.76. The molecule has 0 saturated heterocycles. The Morgan fingerprint density at radius 2 is 2.06 bits per heavy atom. The molecule has 0 atom stereocenters. The first kappa shape index (κ1) is 11.3. The van der Waals surface area contributed by atoms with Crippen LogP contribution in [-0.2, 0) is 6.42 Å².